The number of rotatable bonds is 1. The van der Waals surface area contributed by atoms with Gasteiger partial charge in [-0.2, -0.15) is 0 Å². The average Bonchev–Trinajstić information content (AvgIpc) is 2.63. The van der Waals surface area contributed by atoms with Crippen LogP contribution in [-0.4, -0.2) is 35.0 Å². The molecule has 4 nitrogen and oxygen atoms in total. The van der Waals surface area contributed by atoms with Crippen LogP contribution in [0.25, 0.3) is 0 Å². The number of hydrogen-bond donors (Lipinski definition) is 2. The molecule has 104 valence electrons. The molecule has 2 aliphatic rings. The Hall–Kier alpha value is -1.39. The van der Waals surface area contributed by atoms with Crippen molar-refractivity contribution < 1.29 is 19.7 Å². The molecule has 1 fully saturated rings. The third-order valence-corrected chi connectivity index (χ3v) is 3.77. The van der Waals surface area contributed by atoms with E-state index in [1.165, 1.54) is 0 Å². The normalized spacial score (nSPS) is 37.7. The second-order valence-corrected chi connectivity index (χ2v) is 5.26. The Morgan fingerprint density at radius 3 is 2.95 bits per heavy atom. The van der Waals surface area contributed by atoms with E-state index in [2.05, 4.69) is 6.58 Å². The SMILES string of the molecule is C=C1C(=O)O[C@H]2/C=C(\C)CC/C=C(\CO)C[C@@H](O)[C@@H]12. The highest BCUT2D eigenvalue weighted by Crippen LogP contribution is 2.34. The van der Waals surface area contributed by atoms with E-state index in [0.29, 0.717) is 12.0 Å². The number of aliphatic hydroxyl groups excluding tert-OH is 2. The standard InChI is InChI=1S/C15H20O4/c1-9-4-3-5-11(8-16)7-12(17)14-10(2)15(18)19-13(14)6-9/h5-6,12-14,16-17H,2-4,7-8H2,1H3/b9-6+,11-5-/t12-,13+,14-/m1/s1. The second-order valence-electron chi connectivity index (χ2n) is 5.26. The van der Waals surface area contributed by atoms with Gasteiger partial charge < -0.3 is 14.9 Å². The zero-order valence-electron chi connectivity index (χ0n) is 11.1. The summed E-state index contributed by atoms with van der Waals surface area (Å²) in [5, 5.41) is 19.6. The summed E-state index contributed by atoms with van der Waals surface area (Å²) >= 11 is 0. The lowest BCUT2D eigenvalue weighted by molar-refractivity contribution is -0.137. The van der Waals surface area contributed by atoms with Crippen molar-refractivity contribution in [3.63, 3.8) is 0 Å². The zero-order valence-corrected chi connectivity index (χ0v) is 11.1. The van der Waals surface area contributed by atoms with Gasteiger partial charge >= 0.3 is 5.97 Å². The molecule has 0 aromatic heterocycles. The summed E-state index contributed by atoms with van der Waals surface area (Å²) in [6, 6.07) is 0. The van der Waals surface area contributed by atoms with Gasteiger partial charge in [-0.05, 0) is 37.8 Å². The van der Waals surface area contributed by atoms with Crippen molar-refractivity contribution in [2.75, 3.05) is 6.61 Å². The van der Waals surface area contributed by atoms with E-state index in [1.807, 2.05) is 19.1 Å². The van der Waals surface area contributed by atoms with Crippen LogP contribution < -0.4 is 0 Å². The molecule has 0 saturated carbocycles. The van der Waals surface area contributed by atoms with Crippen molar-refractivity contribution in [1.29, 1.82) is 0 Å². The molecule has 0 aromatic carbocycles. The highest BCUT2D eigenvalue weighted by atomic mass is 16.6. The van der Waals surface area contributed by atoms with Crippen molar-refractivity contribution in [3.8, 4) is 0 Å². The van der Waals surface area contributed by atoms with Gasteiger partial charge in [-0.15, -0.1) is 0 Å². The Morgan fingerprint density at radius 2 is 2.26 bits per heavy atom. The summed E-state index contributed by atoms with van der Waals surface area (Å²) in [5.74, 6) is -0.859. The summed E-state index contributed by atoms with van der Waals surface area (Å²) in [4.78, 5) is 11.6. The first-order valence-electron chi connectivity index (χ1n) is 6.57. The van der Waals surface area contributed by atoms with Crippen molar-refractivity contribution in [2.45, 2.75) is 38.4 Å². The Balaban J connectivity index is 2.32. The van der Waals surface area contributed by atoms with Crippen LogP contribution in [-0.2, 0) is 9.53 Å². The lowest BCUT2D eigenvalue weighted by Crippen LogP contribution is -2.29. The first-order chi connectivity index (χ1) is 9.02. The molecule has 1 heterocycles. The highest BCUT2D eigenvalue weighted by molar-refractivity contribution is 5.91. The van der Waals surface area contributed by atoms with E-state index in [4.69, 9.17) is 4.74 Å². The first-order valence-corrected chi connectivity index (χ1v) is 6.57. The molecule has 0 amide bonds. The number of carbonyl (C=O) groups excluding carboxylic acids is 1. The van der Waals surface area contributed by atoms with E-state index in [-0.39, 0.29) is 6.61 Å². The maximum Gasteiger partial charge on any atom is 0.334 e. The smallest absolute Gasteiger partial charge is 0.334 e. The van der Waals surface area contributed by atoms with Crippen molar-refractivity contribution >= 4 is 5.97 Å². The van der Waals surface area contributed by atoms with E-state index in [9.17, 15) is 15.0 Å². The van der Waals surface area contributed by atoms with Crippen LogP contribution in [0.4, 0.5) is 0 Å². The fourth-order valence-corrected chi connectivity index (χ4v) is 2.67. The van der Waals surface area contributed by atoms with Crippen molar-refractivity contribution in [2.24, 2.45) is 5.92 Å². The Morgan fingerprint density at radius 1 is 1.53 bits per heavy atom. The summed E-state index contributed by atoms with van der Waals surface area (Å²) in [6.07, 6.45) is 4.69. The summed E-state index contributed by atoms with van der Waals surface area (Å²) < 4.78 is 5.26. The minimum absolute atomic E-state index is 0.0709. The third kappa shape index (κ3) is 2.96. The molecule has 0 spiro atoms. The van der Waals surface area contributed by atoms with Gasteiger partial charge in [0.05, 0.1) is 18.6 Å². The maximum absolute atomic E-state index is 11.6. The molecule has 19 heavy (non-hydrogen) atoms. The number of allylic oxidation sites excluding steroid dienone is 2. The van der Waals surface area contributed by atoms with Gasteiger partial charge in [0.1, 0.15) is 6.10 Å². The number of carbonyl (C=O) groups is 1. The first kappa shape index (κ1) is 14.0. The van der Waals surface area contributed by atoms with Crippen LogP contribution >= 0.6 is 0 Å². The molecule has 0 unspecified atom stereocenters. The average molecular weight is 264 g/mol. The van der Waals surface area contributed by atoms with E-state index >= 15 is 0 Å². The van der Waals surface area contributed by atoms with Gasteiger partial charge in [-0.25, -0.2) is 4.79 Å². The quantitative estimate of drug-likeness (QED) is 0.428. The van der Waals surface area contributed by atoms with Crippen LogP contribution in [0.5, 0.6) is 0 Å². The third-order valence-electron chi connectivity index (χ3n) is 3.77. The number of ether oxygens (including phenoxy) is 1. The molecule has 4 heteroatoms. The van der Waals surface area contributed by atoms with Crippen LogP contribution in [0, 0.1) is 5.92 Å². The largest absolute Gasteiger partial charge is 0.454 e. The number of aliphatic hydroxyl groups is 2. The summed E-state index contributed by atoms with van der Waals surface area (Å²) in [6.45, 7) is 5.63. The lowest BCUT2D eigenvalue weighted by Gasteiger charge is -2.23. The molecule has 0 bridgehead atoms. The molecule has 3 atom stereocenters. The minimum atomic E-state index is -0.760. The Labute approximate surface area is 113 Å². The predicted molar refractivity (Wildman–Crippen MR) is 71.3 cm³/mol. The molecule has 2 rings (SSSR count). The second kappa shape index (κ2) is 5.72. The molecule has 0 aromatic rings. The van der Waals surface area contributed by atoms with E-state index < -0.39 is 24.1 Å². The molecule has 1 aliphatic carbocycles. The molecule has 1 saturated heterocycles. The molecular formula is C15H20O4. The van der Waals surface area contributed by atoms with Crippen LogP contribution in [0.15, 0.2) is 35.5 Å². The van der Waals surface area contributed by atoms with Crippen molar-refractivity contribution in [1.82, 2.24) is 0 Å². The fourth-order valence-electron chi connectivity index (χ4n) is 2.67. The van der Waals surface area contributed by atoms with Gasteiger partial charge in [0.2, 0.25) is 0 Å². The minimum Gasteiger partial charge on any atom is -0.454 e. The monoisotopic (exact) mass is 264 g/mol. The Kier molecular flexibility index (Phi) is 4.22. The number of esters is 1. The lowest BCUT2D eigenvalue weighted by atomic mass is 9.85. The van der Waals surface area contributed by atoms with Crippen molar-refractivity contribution in [3.05, 3.63) is 35.5 Å². The van der Waals surface area contributed by atoms with Gasteiger partial charge in [-0.1, -0.05) is 18.2 Å². The van der Waals surface area contributed by atoms with Gasteiger partial charge in [0.15, 0.2) is 0 Å². The van der Waals surface area contributed by atoms with Gasteiger partial charge in [0.25, 0.3) is 0 Å². The summed E-state index contributed by atoms with van der Waals surface area (Å²) in [7, 11) is 0. The number of fused-ring (bicyclic) bond motifs is 1. The fraction of sp³-hybridized carbons (Fsp3) is 0.533. The van der Waals surface area contributed by atoms with E-state index in [0.717, 1.165) is 24.0 Å². The Bertz CT molecular complexity index is 447. The topological polar surface area (TPSA) is 66.8 Å². The van der Waals surface area contributed by atoms with Gasteiger partial charge in [-0.3, -0.25) is 0 Å². The number of hydrogen-bond acceptors (Lipinski definition) is 4. The highest BCUT2D eigenvalue weighted by Gasteiger charge is 2.42. The molecule has 0 radical (unpaired) electrons. The molecule has 2 N–H and O–H groups in total. The zero-order chi connectivity index (χ0) is 14.0. The van der Waals surface area contributed by atoms with Crippen LogP contribution in [0.3, 0.4) is 0 Å². The van der Waals surface area contributed by atoms with Gasteiger partial charge in [0, 0.05) is 5.57 Å². The molecular weight excluding hydrogens is 244 g/mol. The van der Waals surface area contributed by atoms with Crippen LogP contribution in [0.2, 0.25) is 0 Å². The summed E-state index contributed by atoms with van der Waals surface area (Å²) in [5.41, 5.74) is 2.23. The maximum atomic E-state index is 11.6. The predicted octanol–water partition coefficient (Wildman–Crippen LogP) is 1.49. The molecule has 1 aliphatic heterocycles. The van der Waals surface area contributed by atoms with Crippen LogP contribution in [0.1, 0.15) is 26.2 Å². The van der Waals surface area contributed by atoms with E-state index in [1.54, 1.807) is 0 Å².